The molecule has 2 aromatic rings. The molecule has 1 nitrogen and oxygen atoms in total. The molecule has 0 radical (unpaired) electrons. The minimum Gasteiger partial charge on any atom is -0.399 e. The molecule has 152 valence electrons. The number of nitrogens with two attached hydrogens (primary N) is 1. The first-order valence-corrected chi connectivity index (χ1v) is 11.0. The van der Waals surface area contributed by atoms with Crippen molar-refractivity contribution in [3.8, 4) is 0 Å². The SMILES string of the molecule is C=C(S/C=C(\C)Cc1cc(C)c(N)cc1C)c1ccc(C)c(C)c1.CCCC. The molecule has 0 atom stereocenters. The van der Waals surface area contributed by atoms with Crippen molar-refractivity contribution in [2.24, 2.45) is 0 Å². The van der Waals surface area contributed by atoms with Crippen LogP contribution in [0.1, 0.15) is 67.0 Å². The predicted octanol–water partition coefficient (Wildman–Crippen LogP) is 8.16. The molecule has 0 unspecified atom stereocenters. The molecule has 0 aromatic heterocycles. The highest BCUT2D eigenvalue weighted by atomic mass is 32.2. The molecule has 0 aliphatic heterocycles. The van der Waals surface area contributed by atoms with Gasteiger partial charge in [0.1, 0.15) is 0 Å². The van der Waals surface area contributed by atoms with Gasteiger partial charge in [-0.05, 0) is 85.9 Å². The number of aryl methyl sites for hydroxylation is 4. The third kappa shape index (κ3) is 7.59. The summed E-state index contributed by atoms with van der Waals surface area (Å²) >= 11 is 1.70. The van der Waals surface area contributed by atoms with Crippen molar-refractivity contribution in [1.29, 1.82) is 0 Å². The zero-order chi connectivity index (χ0) is 21.3. The summed E-state index contributed by atoms with van der Waals surface area (Å²) in [6, 6.07) is 10.8. The van der Waals surface area contributed by atoms with E-state index in [2.05, 4.69) is 90.8 Å². The number of hydrogen-bond acceptors (Lipinski definition) is 2. The highest BCUT2D eigenvalue weighted by Crippen LogP contribution is 2.30. The Labute approximate surface area is 177 Å². The van der Waals surface area contributed by atoms with Gasteiger partial charge < -0.3 is 5.73 Å². The van der Waals surface area contributed by atoms with E-state index in [1.165, 1.54) is 46.2 Å². The Morgan fingerprint density at radius 2 is 1.57 bits per heavy atom. The van der Waals surface area contributed by atoms with E-state index in [0.29, 0.717) is 0 Å². The summed E-state index contributed by atoms with van der Waals surface area (Å²) in [4.78, 5) is 1.09. The molecule has 28 heavy (non-hydrogen) atoms. The Balaban J connectivity index is 0.000000892. The summed E-state index contributed by atoms with van der Waals surface area (Å²) in [6.07, 6.45) is 3.58. The second-order valence-electron chi connectivity index (χ2n) is 7.62. The van der Waals surface area contributed by atoms with Gasteiger partial charge in [0.25, 0.3) is 0 Å². The number of anilines is 1. The van der Waals surface area contributed by atoms with Crippen LogP contribution in [0.4, 0.5) is 5.69 Å². The quantitative estimate of drug-likeness (QED) is 0.499. The number of hydrogen-bond donors (Lipinski definition) is 1. The van der Waals surface area contributed by atoms with Gasteiger partial charge in [0, 0.05) is 10.6 Å². The predicted molar refractivity (Wildman–Crippen MR) is 131 cm³/mol. The molecule has 0 aliphatic carbocycles. The maximum atomic E-state index is 5.98. The van der Waals surface area contributed by atoms with Crippen LogP contribution in [0.5, 0.6) is 0 Å². The molecule has 0 heterocycles. The second kappa shape index (κ2) is 11.8. The molecule has 0 aliphatic rings. The van der Waals surface area contributed by atoms with Crippen molar-refractivity contribution in [2.75, 3.05) is 5.73 Å². The van der Waals surface area contributed by atoms with Gasteiger partial charge in [-0.25, -0.2) is 0 Å². The van der Waals surface area contributed by atoms with Crippen molar-refractivity contribution < 1.29 is 0 Å². The van der Waals surface area contributed by atoms with E-state index in [1.54, 1.807) is 11.8 Å². The van der Waals surface area contributed by atoms with Crippen molar-refractivity contribution in [1.82, 2.24) is 0 Å². The fourth-order valence-corrected chi connectivity index (χ4v) is 3.28. The molecule has 2 rings (SSSR count). The van der Waals surface area contributed by atoms with Gasteiger partial charge in [-0.1, -0.05) is 74.9 Å². The number of rotatable bonds is 6. The average Bonchev–Trinajstić information content (AvgIpc) is 2.66. The van der Waals surface area contributed by atoms with Gasteiger partial charge in [0.05, 0.1) is 0 Å². The van der Waals surface area contributed by atoms with E-state index < -0.39 is 0 Å². The van der Waals surface area contributed by atoms with E-state index in [-0.39, 0.29) is 0 Å². The van der Waals surface area contributed by atoms with Crippen molar-refractivity contribution in [3.63, 3.8) is 0 Å². The molecule has 0 fully saturated rings. The van der Waals surface area contributed by atoms with Crippen molar-refractivity contribution >= 4 is 22.4 Å². The first kappa shape index (κ1) is 24.1. The molecule has 0 bridgehead atoms. The maximum absolute atomic E-state index is 5.98. The Hall–Kier alpha value is -1.93. The van der Waals surface area contributed by atoms with Crippen molar-refractivity contribution in [2.45, 2.75) is 67.7 Å². The van der Waals surface area contributed by atoms with Gasteiger partial charge in [-0.15, -0.1) is 0 Å². The van der Waals surface area contributed by atoms with Crippen LogP contribution in [0.3, 0.4) is 0 Å². The minimum atomic E-state index is 0.871. The molecule has 2 N–H and O–H groups in total. The Morgan fingerprint density at radius 3 is 2.14 bits per heavy atom. The summed E-state index contributed by atoms with van der Waals surface area (Å²) in [5.74, 6) is 0. The first-order valence-electron chi connectivity index (χ1n) is 10.1. The molecule has 2 heteroatoms. The van der Waals surface area contributed by atoms with Crippen LogP contribution >= 0.6 is 11.8 Å². The first-order chi connectivity index (χ1) is 13.2. The van der Waals surface area contributed by atoms with Crippen LogP contribution in [0.15, 0.2) is 47.9 Å². The average molecular weight is 396 g/mol. The largest absolute Gasteiger partial charge is 0.399 e. The van der Waals surface area contributed by atoms with Crippen molar-refractivity contribution in [3.05, 3.63) is 81.3 Å². The summed E-state index contributed by atoms with van der Waals surface area (Å²) < 4.78 is 0. The van der Waals surface area contributed by atoms with Crippen LogP contribution in [0.25, 0.3) is 4.91 Å². The lowest BCUT2D eigenvalue weighted by atomic mass is 9.99. The van der Waals surface area contributed by atoms with Gasteiger partial charge in [0.2, 0.25) is 0 Å². The van der Waals surface area contributed by atoms with Crippen LogP contribution in [0, 0.1) is 27.7 Å². The van der Waals surface area contributed by atoms with Gasteiger partial charge in [-0.3, -0.25) is 0 Å². The molecule has 0 spiro atoms. The number of nitrogen functional groups attached to an aromatic ring is 1. The highest BCUT2D eigenvalue weighted by Gasteiger charge is 2.05. The molecule has 0 amide bonds. The highest BCUT2D eigenvalue weighted by molar-refractivity contribution is 8.10. The molecular weight excluding hydrogens is 358 g/mol. The summed E-state index contributed by atoms with van der Waals surface area (Å²) in [5, 5.41) is 2.21. The molecule has 2 aromatic carbocycles. The van der Waals surface area contributed by atoms with Gasteiger partial charge in [0.15, 0.2) is 0 Å². The minimum absolute atomic E-state index is 0.871. The summed E-state index contributed by atoms with van der Waals surface area (Å²) in [7, 11) is 0. The normalized spacial score (nSPS) is 11.0. The lowest BCUT2D eigenvalue weighted by Crippen LogP contribution is -1.96. The number of unbranched alkanes of at least 4 members (excludes halogenated alkanes) is 1. The number of benzene rings is 2. The Morgan fingerprint density at radius 1 is 0.929 bits per heavy atom. The molecule has 0 saturated heterocycles. The van der Waals surface area contributed by atoms with E-state index in [9.17, 15) is 0 Å². The molecular formula is C26H37NS. The Kier molecular flexibility index (Phi) is 10.2. The maximum Gasteiger partial charge on any atom is 0.0346 e. The lowest BCUT2D eigenvalue weighted by molar-refractivity contribution is 0.886. The summed E-state index contributed by atoms with van der Waals surface area (Å²) in [6.45, 7) is 19.2. The molecule has 0 saturated carbocycles. The van der Waals surface area contributed by atoms with E-state index >= 15 is 0 Å². The van der Waals surface area contributed by atoms with Crippen LogP contribution in [-0.2, 0) is 6.42 Å². The van der Waals surface area contributed by atoms with Crippen LogP contribution in [-0.4, -0.2) is 0 Å². The monoisotopic (exact) mass is 395 g/mol. The third-order valence-corrected chi connectivity index (χ3v) is 5.97. The van der Waals surface area contributed by atoms with Gasteiger partial charge in [-0.2, -0.15) is 0 Å². The number of thioether (sulfide) groups is 1. The van der Waals surface area contributed by atoms with E-state index in [4.69, 9.17) is 5.73 Å². The lowest BCUT2D eigenvalue weighted by Gasteiger charge is -2.11. The topological polar surface area (TPSA) is 26.0 Å². The van der Waals surface area contributed by atoms with E-state index in [1.807, 2.05) is 0 Å². The van der Waals surface area contributed by atoms with Gasteiger partial charge >= 0.3 is 0 Å². The fraction of sp³-hybridized carbons (Fsp3) is 0.385. The Bertz CT molecular complexity index is 829. The zero-order valence-electron chi connectivity index (χ0n) is 18.8. The third-order valence-electron chi connectivity index (χ3n) is 4.93. The standard InChI is InChI=1S/C22H27NS.C4H10/c1-14(9-21-11-18(5)22(23)12-17(21)4)13-24-19(6)20-8-7-15(2)16(3)10-20;1-3-4-2/h7-8,10-13H,6,9,23H2,1-5H3;3-4H2,1-2H3/b14-13+;. The number of allylic oxidation sites excluding steroid dienone is 1. The summed E-state index contributed by atoms with van der Waals surface area (Å²) in [5.41, 5.74) is 15.7. The fourth-order valence-electron chi connectivity index (χ4n) is 2.59. The van der Waals surface area contributed by atoms with Crippen LogP contribution < -0.4 is 5.73 Å². The zero-order valence-corrected chi connectivity index (χ0v) is 19.6. The van der Waals surface area contributed by atoms with Crippen LogP contribution in [0.2, 0.25) is 0 Å². The van der Waals surface area contributed by atoms with E-state index in [0.717, 1.165) is 22.6 Å². The smallest absolute Gasteiger partial charge is 0.0346 e. The second-order valence-corrected chi connectivity index (χ2v) is 8.58.